The zero-order chi connectivity index (χ0) is 13.0. The maximum Gasteiger partial charge on any atom is 0.140 e. The molecule has 0 bridgehead atoms. The van der Waals surface area contributed by atoms with Gasteiger partial charge in [0.25, 0.3) is 0 Å². The summed E-state index contributed by atoms with van der Waals surface area (Å²) in [5, 5.41) is 8.77. The highest BCUT2D eigenvalue weighted by atomic mass is 79.9. The highest BCUT2D eigenvalue weighted by molar-refractivity contribution is 9.10. The Kier molecular flexibility index (Phi) is 4.40. The largest absolute Gasteiger partial charge is 0.206 e. The van der Waals surface area contributed by atoms with Gasteiger partial charge in [-0.1, -0.05) is 18.2 Å². The molecule has 0 heterocycles. The van der Waals surface area contributed by atoms with Crippen molar-refractivity contribution in [1.29, 1.82) is 5.26 Å². The van der Waals surface area contributed by atoms with Gasteiger partial charge < -0.3 is 0 Å². The summed E-state index contributed by atoms with van der Waals surface area (Å²) in [7, 11) is 0. The molecule has 0 saturated carbocycles. The predicted molar refractivity (Wildman–Crippen MR) is 74.8 cm³/mol. The van der Waals surface area contributed by atoms with Crippen LogP contribution < -0.4 is 0 Å². The third-order valence-electron chi connectivity index (χ3n) is 2.38. The van der Waals surface area contributed by atoms with Crippen LogP contribution in [0, 0.1) is 17.1 Å². The number of hydrogen-bond donors (Lipinski definition) is 0. The molecule has 0 unspecified atom stereocenters. The topological polar surface area (TPSA) is 23.8 Å². The van der Waals surface area contributed by atoms with E-state index in [0.717, 1.165) is 14.9 Å². The van der Waals surface area contributed by atoms with Crippen molar-refractivity contribution in [3.05, 3.63) is 63.9 Å². The molecule has 1 nitrogen and oxygen atoms in total. The lowest BCUT2D eigenvalue weighted by Crippen LogP contribution is -1.87. The Balaban J connectivity index is 2.12. The minimum absolute atomic E-state index is 0.0974. The first-order valence-corrected chi connectivity index (χ1v) is 7.04. The number of rotatable bonds is 3. The minimum Gasteiger partial charge on any atom is -0.206 e. The molecule has 0 aliphatic rings. The lowest BCUT2D eigenvalue weighted by molar-refractivity contribution is 0.623. The van der Waals surface area contributed by atoms with Crippen molar-refractivity contribution in [2.45, 2.75) is 10.6 Å². The Hall–Kier alpha value is -1.31. The first-order valence-electron chi connectivity index (χ1n) is 5.26. The molecule has 90 valence electrons. The molecule has 2 aromatic carbocycles. The zero-order valence-corrected chi connectivity index (χ0v) is 11.8. The van der Waals surface area contributed by atoms with Crippen LogP contribution >= 0.6 is 27.7 Å². The zero-order valence-electron chi connectivity index (χ0n) is 9.36. The fraction of sp³-hybridized carbons (Fsp3) is 0.0714. The molecule has 4 heteroatoms. The standard InChI is InChI=1S/C14H9BrFNS/c15-12-3-1-2-4-14(12)18-9-10-5-6-13(16)11(7-10)8-17/h1-7H,9H2. The summed E-state index contributed by atoms with van der Waals surface area (Å²) in [4.78, 5) is 1.13. The number of thioether (sulfide) groups is 1. The van der Waals surface area contributed by atoms with E-state index in [1.807, 2.05) is 30.3 Å². The van der Waals surface area contributed by atoms with E-state index in [1.165, 1.54) is 6.07 Å². The van der Waals surface area contributed by atoms with E-state index in [1.54, 1.807) is 23.9 Å². The number of halogens is 2. The molecule has 0 atom stereocenters. The van der Waals surface area contributed by atoms with Crippen molar-refractivity contribution in [3.8, 4) is 6.07 Å². The Morgan fingerprint density at radius 3 is 2.72 bits per heavy atom. The molecule has 0 N–H and O–H groups in total. The van der Waals surface area contributed by atoms with Gasteiger partial charge in [-0.05, 0) is 45.8 Å². The molecular weight excluding hydrogens is 313 g/mol. The molecule has 2 rings (SSSR count). The molecule has 0 saturated heterocycles. The van der Waals surface area contributed by atoms with Gasteiger partial charge in [0.1, 0.15) is 11.9 Å². The maximum atomic E-state index is 13.2. The third-order valence-corrected chi connectivity index (χ3v) is 4.48. The lowest BCUT2D eigenvalue weighted by Gasteiger charge is -2.05. The molecule has 18 heavy (non-hydrogen) atoms. The summed E-state index contributed by atoms with van der Waals surface area (Å²) in [6.07, 6.45) is 0. The van der Waals surface area contributed by atoms with Gasteiger partial charge in [-0.2, -0.15) is 5.26 Å². The van der Waals surface area contributed by atoms with Crippen molar-refractivity contribution in [2.24, 2.45) is 0 Å². The van der Waals surface area contributed by atoms with Crippen LogP contribution in [0.4, 0.5) is 4.39 Å². The molecule has 0 radical (unpaired) electrons. The summed E-state index contributed by atoms with van der Waals surface area (Å²) < 4.78 is 14.2. The summed E-state index contributed by atoms with van der Waals surface area (Å²) in [5.41, 5.74) is 1.04. The highest BCUT2D eigenvalue weighted by Gasteiger charge is 2.04. The van der Waals surface area contributed by atoms with Crippen LogP contribution in [0.25, 0.3) is 0 Å². The molecule has 0 spiro atoms. The van der Waals surface area contributed by atoms with Gasteiger partial charge >= 0.3 is 0 Å². The Labute approximate surface area is 118 Å². The molecule has 2 aromatic rings. The summed E-state index contributed by atoms with van der Waals surface area (Å²) in [6, 6.07) is 14.4. The van der Waals surface area contributed by atoms with Crippen molar-refractivity contribution in [2.75, 3.05) is 0 Å². The van der Waals surface area contributed by atoms with Crippen LogP contribution in [0.2, 0.25) is 0 Å². The van der Waals surface area contributed by atoms with Crippen LogP contribution in [0.3, 0.4) is 0 Å². The van der Waals surface area contributed by atoms with Crippen LogP contribution in [-0.2, 0) is 5.75 Å². The summed E-state index contributed by atoms with van der Waals surface area (Å²) >= 11 is 5.12. The van der Waals surface area contributed by atoms with Crippen LogP contribution in [0.5, 0.6) is 0 Å². The van der Waals surface area contributed by atoms with E-state index in [-0.39, 0.29) is 5.56 Å². The molecular formula is C14H9BrFNS. The van der Waals surface area contributed by atoms with E-state index in [2.05, 4.69) is 15.9 Å². The second-order valence-corrected chi connectivity index (χ2v) is 5.52. The Bertz CT molecular complexity index is 607. The van der Waals surface area contributed by atoms with Gasteiger partial charge in [0, 0.05) is 15.1 Å². The van der Waals surface area contributed by atoms with Gasteiger partial charge in [-0.25, -0.2) is 4.39 Å². The maximum absolute atomic E-state index is 13.2. The van der Waals surface area contributed by atoms with Gasteiger partial charge in [-0.3, -0.25) is 0 Å². The fourth-order valence-electron chi connectivity index (χ4n) is 1.47. The molecule has 0 aromatic heterocycles. The van der Waals surface area contributed by atoms with E-state index in [9.17, 15) is 4.39 Å². The third kappa shape index (κ3) is 3.12. The highest BCUT2D eigenvalue weighted by Crippen LogP contribution is 2.29. The second kappa shape index (κ2) is 6.03. The van der Waals surface area contributed by atoms with E-state index >= 15 is 0 Å². The average Bonchev–Trinajstić information content (AvgIpc) is 2.39. The Morgan fingerprint density at radius 2 is 2.00 bits per heavy atom. The monoisotopic (exact) mass is 321 g/mol. The van der Waals surface area contributed by atoms with Crippen molar-refractivity contribution in [3.63, 3.8) is 0 Å². The quantitative estimate of drug-likeness (QED) is 0.761. The Morgan fingerprint density at radius 1 is 1.22 bits per heavy atom. The molecule has 0 amide bonds. The smallest absolute Gasteiger partial charge is 0.140 e. The first kappa shape index (κ1) is 13.1. The van der Waals surface area contributed by atoms with E-state index in [0.29, 0.717) is 5.75 Å². The molecule has 0 aliphatic carbocycles. The number of hydrogen-bond acceptors (Lipinski definition) is 2. The van der Waals surface area contributed by atoms with Gasteiger partial charge in [-0.15, -0.1) is 11.8 Å². The lowest BCUT2D eigenvalue weighted by atomic mass is 10.1. The molecule has 0 fully saturated rings. The van der Waals surface area contributed by atoms with Crippen LogP contribution in [0.15, 0.2) is 51.8 Å². The van der Waals surface area contributed by atoms with Crippen LogP contribution in [-0.4, -0.2) is 0 Å². The number of nitriles is 1. The van der Waals surface area contributed by atoms with Crippen molar-refractivity contribution in [1.82, 2.24) is 0 Å². The number of nitrogens with zero attached hydrogens (tertiary/aromatic N) is 1. The average molecular weight is 322 g/mol. The van der Waals surface area contributed by atoms with Crippen LogP contribution in [0.1, 0.15) is 11.1 Å². The van der Waals surface area contributed by atoms with Crippen molar-refractivity contribution >= 4 is 27.7 Å². The fourth-order valence-corrected chi connectivity index (χ4v) is 2.98. The van der Waals surface area contributed by atoms with Gasteiger partial charge in [0.15, 0.2) is 0 Å². The predicted octanol–water partition coefficient (Wildman–Crippen LogP) is 4.75. The summed E-state index contributed by atoms with van der Waals surface area (Å²) in [5.74, 6) is 0.240. The van der Waals surface area contributed by atoms with E-state index < -0.39 is 5.82 Å². The van der Waals surface area contributed by atoms with Gasteiger partial charge in [0.05, 0.1) is 5.56 Å². The van der Waals surface area contributed by atoms with Crippen molar-refractivity contribution < 1.29 is 4.39 Å². The SMILES string of the molecule is N#Cc1cc(CSc2ccccc2Br)ccc1F. The number of benzene rings is 2. The first-order chi connectivity index (χ1) is 8.70. The minimum atomic E-state index is -0.466. The van der Waals surface area contributed by atoms with Gasteiger partial charge in [0.2, 0.25) is 0 Å². The normalized spacial score (nSPS) is 10.1. The summed E-state index contributed by atoms with van der Waals surface area (Å²) in [6.45, 7) is 0. The molecule has 0 aliphatic heterocycles. The van der Waals surface area contributed by atoms with E-state index in [4.69, 9.17) is 5.26 Å². The second-order valence-electron chi connectivity index (χ2n) is 3.65.